The molecule has 1 N–H and O–H groups in total. The molecular weight excluding hydrogens is 254 g/mol. The lowest BCUT2D eigenvalue weighted by Crippen LogP contribution is -2.52. The van der Waals surface area contributed by atoms with Crippen LogP contribution in [0.4, 0.5) is 0 Å². The van der Waals surface area contributed by atoms with Crippen molar-refractivity contribution in [2.75, 3.05) is 19.8 Å². The van der Waals surface area contributed by atoms with E-state index in [1.807, 2.05) is 0 Å². The fourth-order valence-electron chi connectivity index (χ4n) is 3.91. The molecule has 0 aromatic rings. The molecule has 1 aliphatic heterocycles. The monoisotopic (exact) mass is 283 g/mol. The summed E-state index contributed by atoms with van der Waals surface area (Å²) in [6.07, 6.45) is 4.84. The van der Waals surface area contributed by atoms with Gasteiger partial charge in [0.15, 0.2) is 0 Å². The molecule has 4 nitrogen and oxygen atoms in total. The topological polar surface area (TPSA) is 49.8 Å². The van der Waals surface area contributed by atoms with E-state index in [1.54, 1.807) is 0 Å². The quantitative estimate of drug-likeness (QED) is 0.842. The second kappa shape index (κ2) is 6.90. The van der Waals surface area contributed by atoms with Gasteiger partial charge in [-0.1, -0.05) is 27.2 Å². The van der Waals surface area contributed by atoms with Crippen molar-refractivity contribution in [3.8, 4) is 0 Å². The molecule has 116 valence electrons. The Morgan fingerprint density at radius 1 is 1.25 bits per heavy atom. The smallest absolute Gasteiger partial charge is 0.310 e. The number of carboxylic acid groups (broad SMARTS) is 1. The zero-order valence-electron chi connectivity index (χ0n) is 13.0. The minimum absolute atomic E-state index is 0.0604. The van der Waals surface area contributed by atoms with Crippen molar-refractivity contribution in [2.24, 2.45) is 17.8 Å². The van der Waals surface area contributed by atoms with Crippen LogP contribution in [-0.2, 0) is 9.53 Å². The standard InChI is InChI=1S/C16H29NO3/c1-4-7-17(14-8-11(2)5-6-12(14)3)15-10-20-9-13(15)16(18)19/h11-15H,4-10H2,1-3H3,(H,18,19). The van der Waals surface area contributed by atoms with E-state index in [-0.39, 0.29) is 12.0 Å². The van der Waals surface area contributed by atoms with Gasteiger partial charge in [0.1, 0.15) is 0 Å². The van der Waals surface area contributed by atoms with Crippen LogP contribution in [0.1, 0.15) is 46.5 Å². The molecule has 4 heteroatoms. The second-order valence-electron chi connectivity index (χ2n) is 6.75. The third kappa shape index (κ3) is 3.34. The van der Waals surface area contributed by atoms with Crippen LogP contribution in [0.2, 0.25) is 0 Å². The number of ether oxygens (including phenoxy) is 1. The van der Waals surface area contributed by atoms with Gasteiger partial charge in [0.25, 0.3) is 0 Å². The van der Waals surface area contributed by atoms with E-state index in [0.29, 0.717) is 25.2 Å². The summed E-state index contributed by atoms with van der Waals surface area (Å²) in [5.41, 5.74) is 0. The van der Waals surface area contributed by atoms with Crippen molar-refractivity contribution < 1.29 is 14.6 Å². The van der Waals surface area contributed by atoms with Gasteiger partial charge in [-0.05, 0) is 37.6 Å². The molecule has 2 aliphatic rings. The zero-order chi connectivity index (χ0) is 14.7. The molecule has 5 unspecified atom stereocenters. The molecule has 0 aromatic heterocycles. The van der Waals surface area contributed by atoms with Gasteiger partial charge in [-0.3, -0.25) is 9.69 Å². The van der Waals surface area contributed by atoms with Crippen LogP contribution in [0.3, 0.4) is 0 Å². The summed E-state index contributed by atoms with van der Waals surface area (Å²) in [5, 5.41) is 9.41. The van der Waals surface area contributed by atoms with Gasteiger partial charge in [0.05, 0.1) is 19.1 Å². The number of nitrogens with zero attached hydrogens (tertiary/aromatic N) is 1. The molecule has 2 fully saturated rings. The lowest BCUT2D eigenvalue weighted by Gasteiger charge is -2.44. The van der Waals surface area contributed by atoms with Crippen molar-refractivity contribution in [2.45, 2.75) is 58.5 Å². The van der Waals surface area contributed by atoms with Gasteiger partial charge < -0.3 is 9.84 Å². The predicted octanol–water partition coefficient (Wildman–Crippen LogP) is 2.62. The lowest BCUT2D eigenvalue weighted by molar-refractivity contribution is -0.143. The molecule has 2 rings (SSSR count). The Morgan fingerprint density at radius 2 is 2.00 bits per heavy atom. The first kappa shape index (κ1) is 15.8. The summed E-state index contributed by atoms with van der Waals surface area (Å²) in [6, 6.07) is 0.581. The largest absolute Gasteiger partial charge is 0.481 e. The van der Waals surface area contributed by atoms with Crippen LogP contribution in [0.5, 0.6) is 0 Å². The van der Waals surface area contributed by atoms with E-state index in [1.165, 1.54) is 19.3 Å². The van der Waals surface area contributed by atoms with Crippen molar-refractivity contribution in [3.05, 3.63) is 0 Å². The van der Waals surface area contributed by atoms with E-state index in [9.17, 15) is 9.90 Å². The number of carbonyl (C=O) groups is 1. The highest BCUT2D eigenvalue weighted by Crippen LogP contribution is 2.35. The van der Waals surface area contributed by atoms with Crippen LogP contribution in [0.25, 0.3) is 0 Å². The SMILES string of the molecule is CCCN(C1CC(C)CCC1C)C1COCC1C(=O)O. The third-order valence-electron chi connectivity index (χ3n) is 5.12. The molecule has 1 saturated heterocycles. The molecule has 0 amide bonds. The summed E-state index contributed by atoms with van der Waals surface area (Å²) >= 11 is 0. The highest BCUT2D eigenvalue weighted by molar-refractivity contribution is 5.71. The Hall–Kier alpha value is -0.610. The minimum atomic E-state index is -0.704. The summed E-state index contributed by atoms with van der Waals surface area (Å²) in [5.74, 6) is 0.352. The van der Waals surface area contributed by atoms with E-state index in [4.69, 9.17) is 4.74 Å². The Morgan fingerprint density at radius 3 is 2.65 bits per heavy atom. The summed E-state index contributed by atoms with van der Waals surface area (Å²) in [7, 11) is 0. The van der Waals surface area contributed by atoms with Gasteiger partial charge in [0.2, 0.25) is 0 Å². The van der Waals surface area contributed by atoms with Crippen LogP contribution in [0, 0.1) is 17.8 Å². The fourth-order valence-corrected chi connectivity index (χ4v) is 3.91. The zero-order valence-corrected chi connectivity index (χ0v) is 13.0. The Balaban J connectivity index is 2.14. The van der Waals surface area contributed by atoms with E-state index in [2.05, 4.69) is 25.7 Å². The highest BCUT2D eigenvalue weighted by Gasteiger charge is 2.42. The average molecular weight is 283 g/mol. The second-order valence-corrected chi connectivity index (χ2v) is 6.75. The van der Waals surface area contributed by atoms with Crippen molar-refractivity contribution >= 4 is 5.97 Å². The van der Waals surface area contributed by atoms with E-state index < -0.39 is 5.97 Å². The first-order valence-electron chi connectivity index (χ1n) is 8.10. The molecule has 0 radical (unpaired) electrons. The number of aliphatic carboxylic acids is 1. The maximum absolute atomic E-state index is 11.4. The summed E-state index contributed by atoms with van der Waals surface area (Å²) in [4.78, 5) is 13.9. The number of carboxylic acids is 1. The Labute approximate surface area is 122 Å². The molecule has 1 heterocycles. The van der Waals surface area contributed by atoms with E-state index >= 15 is 0 Å². The first-order valence-corrected chi connectivity index (χ1v) is 8.10. The third-order valence-corrected chi connectivity index (χ3v) is 5.12. The molecule has 5 atom stereocenters. The van der Waals surface area contributed by atoms with Crippen molar-refractivity contribution in [3.63, 3.8) is 0 Å². The van der Waals surface area contributed by atoms with Crippen LogP contribution < -0.4 is 0 Å². The van der Waals surface area contributed by atoms with Crippen LogP contribution >= 0.6 is 0 Å². The van der Waals surface area contributed by atoms with Gasteiger partial charge in [-0.2, -0.15) is 0 Å². The van der Waals surface area contributed by atoms with Crippen molar-refractivity contribution in [1.29, 1.82) is 0 Å². The first-order chi connectivity index (χ1) is 9.54. The van der Waals surface area contributed by atoms with E-state index in [0.717, 1.165) is 18.9 Å². The highest BCUT2D eigenvalue weighted by atomic mass is 16.5. The molecular formula is C16H29NO3. The van der Waals surface area contributed by atoms with Crippen molar-refractivity contribution in [1.82, 2.24) is 4.90 Å². The van der Waals surface area contributed by atoms with Gasteiger partial charge in [-0.15, -0.1) is 0 Å². The number of rotatable bonds is 5. The maximum Gasteiger partial charge on any atom is 0.310 e. The maximum atomic E-state index is 11.4. The summed E-state index contributed by atoms with van der Waals surface area (Å²) in [6.45, 7) is 8.76. The summed E-state index contributed by atoms with van der Waals surface area (Å²) < 4.78 is 5.49. The minimum Gasteiger partial charge on any atom is -0.481 e. The fraction of sp³-hybridized carbons (Fsp3) is 0.938. The molecule has 1 saturated carbocycles. The van der Waals surface area contributed by atoms with Gasteiger partial charge >= 0.3 is 5.97 Å². The number of hydrogen-bond donors (Lipinski definition) is 1. The number of hydrogen-bond acceptors (Lipinski definition) is 3. The normalized spacial score (nSPS) is 38.3. The molecule has 20 heavy (non-hydrogen) atoms. The molecule has 1 aliphatic carbocycles. The van der Waals surface area contributed by atoms with Crippen LogP contribution in [-0.4, -0.2) is 47.8 Å². The Kier molecular flexibility index (Phi) is 5.44. The Bertz CT molecular complexity index is 334. The van der Waals surface area contributed by atoms with Gasteiger partial charge in [0, 0.05) is 12.1 Å². The predicted molar refractivity (Wildman–Crippen MR) is 78.7 cm³/mol. The molecule has 0 aromatic carbocycles. The molecule has 0 bridgehead atoms. The van der Waals surface area contributed by atoms with Gasteiger partial charge in [-0.25, -0.2) is 0 Å². The van der Waals surface area contributed by atoms with Crippen LogP contribution in [0.15, 0.2) is 0 Å². The molecule has 0 spiro atoms. The lowest BCUT2D eigenvalue weighted by atomic mass is 9.78. The average Bonchev–Trinajstić information content (AvgIpc) is 2.88.